The molecule has 0 saturated carbocycles. The largest absolute Gasteiger partial charge is 1.00 e. The van der Waals surface area contributed by atoms with Crippen LogP contribution in [-0.2, 0) is 17.8 Å². The Bertz CT molecular complexity index is 403. The second-order valence-corrected chi connectivity index (χ2v) is 6.44. The normalized spacial score (nSPS) is 10.8. The fourth-order valence-electron chi connectivity index (χ4n) is 1.55. The van der Waals surface area contributed by atoms with Crippen LogP contribution >= 0.6 is 22.6 Å². The summed E-state index contributed by atoms with van der Waals surface area (Å²) in [5.41, 5.74) is -0.444. The van der Waals surface area contributed by atoms with E-state index in [9.17, 15) is 4.79 Å². The van der Waals surface area contributed by atoms with Gasteiger partial charge in [-0.1, -0.05) is 22.6 Å². The van der Waals surface area contributed by atoms with Gasteiger partial charge in [0.15, 0.2) is 0 Å². The highest BCUT2D eigenvalue weighted by molar-refractivity contribution is 14.1. The van der Waals surface area contributed by atoms with E-state index in [0.29, 0.717) is 6.54 Å². The first kappa shape index (κ1) is 19.9. The number of halogens is 2. The Labute approximate surface area is 151 Å². The molecule has 0 unspecified atom stereocenters. The molecular weight excluding hydrogens is 484 g/mol. The zero-order valence-corrected chi connectivity index (χ0v) is 16.5. The maximum absolute atomic E-state index is 11.4. The van der Waals surface area contributed by atoms with Crippen LogP contribution in [0.1, 0.15) is 27.2 Å². The van der Waals surface area contributed by atoms with Gasteiger partial charge in [-0.05, 0) is 27.2 Å². The lowest BCUT2D eigenvalue weighted by atomic mass is 10.2. The van der Waals surface area contributed by atoms with Gasteiger partial charge in [0.25, 0.3) is 0 Å². The second-order valence-electron chi connectivity index (χ2n) is 5.36. The Morgan fingerprint density at radius 1 is 1.45 bits per heavy atom. The van der Waals surface area contributed by atoms with E-state index in [1.54, 1.807) is 0 Å². The van der Waals surface area contributed by atoms with Gasteiger partial charge in [0.05, 0.1) is 13.1 Å². The number of hydrogen-bond acceptors (Lipinski definition) is 2. The molecule has 0 bridgehead atoms. The van der Waals surface area contributed by atoms with Crippen molar-refractivity contribution in [2.45, 2.75) is 45.9 Å². The van der Waals surface area contributed by atoms with Crippen molar-refractivity contribution < 1.29 is 38.1 Å². The Kier molecular flexibility index (Phi) is 9.77. The molecule has 116 valence electrons. The van der Waals surface area contributed by atoms with Crippen molar-refractivity contribution in [3.8, 4) is 0 Å². The number of hydrogen-bond donors (Lipinski definition) is 1. The average Bonchev–Trinajstić information content (AvgIpc) is 2.72. The molecule has 5 nitrogen and oxygen atoms in total. The van der Waals surface area contributed by atoms with E-state index in [0.717, 1.165) is 17.5 Å². The van der Waals surface area contributed by atoms with Crippen LogP contribution in [-0.4, -0.2) is 27.2 Å². The summed E-state index contributed by atoms with van der Waals surface area (Å²) in [7, 11) is 0. The summed E-state index contributed by atoms with van der Waals surface area (Å²) in [6, 6.07) is 0. The molecule has 0 atom stereocenters. The number of aromatic nitrogens is 2. The summed E-state index contributed by atoms with van der Waals surface area (Å²) in [6.45, 7) is 7.92. The van der Waals surface area contributed by atoms with Gasteiger partial charge in [0, 0.05) is 4.43 Å². The van der Waals surface area contributed by atoms with Crippen molar-refractivity contribution in [1.29, 1.82) is 0 Å². The minimum absolute atomic E-state index is 0. The first-order chi connectivity index (χ1) is 8.90. The zero-order chi connectivity index (χ0) is 14.3. The van der Waals surface area contributed by atoms with Crippen LogP contribution in [0.5, 0.6) is 0 Å². The Morgan fingerprint density at radius 2 is 2.15 bits per heavy atom. The number of carbonyl (C=O) groups is 1. The number of carbonyl (C=O) groups excluding carboxylic acids is 1. The molecule has 1 rings (SSSR count). The van der Waals surface area contributed by atoms with E-state index in [1.807, 2.05) is 27.0 Å². The second kappa shape index (κ2) is 9.80. The predicted octanol–water partition coefficient (Wildman–Crippen LogP) is -0.871. The highest BCUT2D eigenvalue weighted by atomic mass is 127. The van der Waals surface area contributed by atoms with Crippen LogP contribution in [0.4, 0.5) is 4.79 Å². The van der Waals surface area contributed by atoms with E-state index < -0.39 is 5.60 Å². The van der Waals surface area contributed by atoms with E-state index in [2.05, 4.69) is 49.6 Å². The van der Waals surface area contributed by atoms with Gasteiger partial charge in [-0.2, -0.15) is 0 Å². The Hall–Kier alpha value is -0.0600. The molecule has 0 aliphatic rings. The zero-order valence-electron chi connectivity index (χ0n) is 12.2. The molecule has 1 amide bonds. The lowest BCUT2D eigenvalue weighted by Gasteiger charge is -2.19. The molecule has 7 heteroatoms. The number of aryl methyl sites for hydroxylation is 1. The summed E-state index contributed by atoms with van der Waals surface area (Å²) in [6.07, 6.45) is 6.94. The lowest BCUT2D eigenvalue weighted by Crippen LogP contribution is -3.00. The maximum atomic E-state index is 11.4. The van der Waals surface area contributed by atoms with Crippen molar-refractivity contribution in [3.63, 3.8) is 0 Å². The summed E-state index contributed by atoms with van der Waals surface area (Å²) in [4.78, 5) is 11.4. The minimum Gasteiger partial charge on any atom is -1.00 e. The van der Waals surface area contributed by atoms with Crippen molar-refractivity contribution in [2.75, 3.05) is 11.0 Å². The van der Waals surface area contributed by atoms with Gasteiger partial charge >= 0.3 is 6.09 Å². The van der Waals surface area contributed by atoms with Crippen LogP contribution in [0.3, 0.4) is 0 Å². The molecule has 1 heterocycles. The van der Waals surface area contributed by atoms with Crippen LogP contribution in [0.15, 0.2) is 18.7 Å². The third-order valence-corrected chi connectivity index (χ3v) is 3.10. The lowest BCUT2D eigenvalue weighted by molar-refractivity contribution is -0.694. The van der Waals surface area contributed by atoms with Gasteiger partial charge in [-0.3, -0.25) is 0 Å². The molecule has 0 aliphatic heterocycles. The summed E-state index contributed by atoms with van der Waals surface area (Å²) in [5.74, 6) is 0. The smallest absolute Gasteiger partial charge is 0.407 e. The fraction of sp³-hybridized carbons (Fsp3) is 0.692. The molecule has 1 N–H and O–H groups in total. The van der Waals surface area contributed by atoms with E-state index in [4.69, 9.17) is 4.74 Å². The number of nitrogens with zero attached hydrogens (tertiary/aromatic N) is 2. The first-order valence-corrected chi connectivity index (χ1v) is 8.01. The third kappa shape index (κ3) is 8.98. The molecule has 0 aliphatic carbocycles. The quantitative estimate of drug-likeness (QED) is 0.310. The number of amides is 1. The number of alkyl halides is 1. The maximum Gasteiger partial charge on any atom is 0.407 e. The van der Waals surface area contributed by atoms with Crippen molar-refractivity contribution >= 4 is 28.7 Å². The summed E-state index contributed by atoms with van der Waals surface area (Å²) < 4.78 is 10.6. The number of alkyl carbamates (subject to hydrolysis) is 1. The number of rotatable bonds is 6. The van der Waals surface area contributed by atoms with Gasteiger partial charge in [-0.15, -0.1) is 0 Å². The molecule has 0 spiro atoms. The third-order valence-electron chi connectivity index (χ3n) is 2.33. The minimum atomic E-state index is -0.444. The standard InChI is InChI=1S/C13H22IN3O2.HI/c1-13(2,3)19-12(18)15-6-8-17-10-9-16(11-17)7-4-5-14;/h9-11H,4-8H2,1-3H3;1H. The van der Waals surface area contributed by atoms with Crippen molar-refractivity contribution in [3.05, 3.63) is 18.7 Å². The fourth-order valence-corrected chi connectivity index (χ4v) is 1.89. The molecule has 1 aromatic rings. The predicted molar refractivity (Wildman–Crippen MR) is 82.4 cm³/mol. The monoisotopic (exact) mass is 507 g/mol. The Balaban J connectivity index is 0.00000361. The number of imidazole rings is 1. The van der Waals surface area contributed by atoms with E-state index in [1.165, 1.54) is 6.42 Å². The summed E-state index contributed by atoms with van der Waals surface area (Å²) in [5, 5.41) is 2.75. The van der Waals surface area contributed by atoms with Gasteiger partial charge in [-0.25, -0.2) is 13.9 Å². The van der Waals surface area contributed by atoms with Gasteiger partial charge in [0.1, 0.15) is 24.5 Å². The van der Waals surface area contributed by atoms with Crippen LogP contribution in [0.25, 0.3) is 0 Å². The van der Waals surface area contributed by atoms with Crippen LogP contribution in [0.2, 0.25) is 0 Å². The van der Waals surface area contributed by atoms with Gasteiger partial charge in [0.2, 0.25) is 6.33 Å². The average molecular weight is 507 g/mol. The Morgan fingerprint density at radius 3 is 2.75 bits per heavy atom. The number of nitrogens with one attached hydrogen (secondary N) is 1. The molecule has 1 aromatic heterocycles. The summed E-state index contributed by atoms with van der Waals surface area (Å²) >= 11 is 2.38. The first-order valence-electron chi connectivity index (χ1n) is 6.48. The SMILES string of the molecule is CC(C)(C)OC(=O)NCC[n+]1ccn(CCCI)c1.[I-]. The molecule has 0 aromatic carbocycles. The van der Waals surface area contributed by atoms with E-state index in [-0.39, 0.29) is 30.1 Å². The topological polar surface area (TPSA) is 47.1 Å². The molecule has 0 saturated heterocycles. The van der Waals surface area contributed by atoms with Crippen LogP contribution in [0, 0.1) is 0 Å². The van der Waals surface area contributed by atoms with Crippen LogP contribution < -0.4 is 33.9 Å². The van der Waals surface area contributed by atoms with Crippen molar-refractivity contribution in [1.82, 2.24) is 9.88 Å². The van der Waals surface area contributed by atoms with Gasteiger partial charge < -0.3 is 34.0 Å². The molecular formula is C13H23I2N3O2. The molecule has 20 heavy (non-hydrogen) atoms. The highest BCUT2D eigenvalue weighted by Crippen LogP contribution is 2.05. The highest BCUT2D eigenvalue weighted by Gasteiger charge is 2.15. The molecule has 0 radical (unpaired) electrons. The van der Waals surface area contributed by atoms with E-state index >= 15 is 0 Å². The molecule has 0 fully saturated rings. The number of ether oxygens (including phenoxy) is 1. The van der Waals surface area contributed by atoms with Crippen molar-refractivity contribution in [2.24, 2.45) is 0 Å².